The van der Waals surface area contributed by atoms with Gasteiger partial charge in [-0.15, -0.1) is 0 Å². The van der Waals surface area contributed by atoms with Gasteiger partial charge in [0.15, 0.2) is 5.16 Å². The third kappa shape index (κ3) is 4.23. The van der Waals surface area contributed by atoms with E-state index in [0.29, 0.717) is 22.5 Å². The van der Waals surface area contributed by atoms with Crippen molar-refractivity contribution >= 4 is 29.2 Å². The molecule has 20 heavy (non-hydrogen) atoms. The Labute approximate surface area is 121 Å². The lowest BCUT2D eigenvalue weighted by atomic mass is 10.4. The first-order chi connectivity index (χ1) is 9.67. The van der Waals surface area contributed by atoms with Gasteiger partial charge in [0.2, 0.25) is 0 Å². The number of aromatic nitrogens is 4. The highest BCUT2D eigenvalue weighted by atomic mass is 32.2. The molecule has 8 heteroatoms. The molecular formula is C12H17N7S. The van der Waals surface area contributed by atoms with E-state index in [1.807, 2.05) is 0 Å². The van der Waals surface area contributed by atoms with Gasteiger partial charge in [-0.1, -0.05) is 18.7 Å². The molecule has 106 valence electrons. The van der Waals surface area contributed by atoms with Gasteiger partial charge in [0.1, 0.15) is 17.5 Å². The van der Waals surface area contributed by atoms with Crippen molar-refractivity contribution in [2.45, 2.75) is 24.3 Å². The summed E-state index contributed by atoms with van der Waals surface area (Å²) in [4.78, 5) is 16.8. The van der Waals surface area contributed by atoms with Crippen molar-refractivity contribution in [3.05, 3.63) is 24.2 Å². The van der Waals surface area contributed by atoms with E-state index in [2.05, 4.69) is 32.2 Å². The molecule has 2 heterocycles. The Balaban J connectivity index is 1.93. The third-order valence-electron chi connectivity index (χ3n) is 2.36. The third-order valence-corrected chi connectivity index (χ3v) is 3.24. The fourth-order valence-electron chi connectivity index (χ4n) is 1.44. The monoisotopic (exact) mass is 291 g/mol. The van der Waals surface area contributed by atoms with Gasteiger partial charge >= 0.3 is 0 Å². The number of rotatable bonds is 6. The summed E-state index contributed by atoms with van der Waals surface area (Å²) < 4.78 is 0. The minimum Gasteiger partial charge on any atom is -0.383 e. The first-order valence-corrected chi connectivity index (χ1v) is 7.23. The van der Waals surface area contributed by atoms with E-state index >= 15 is 0 Å². The fourth-order valence-corrected chi connectivity index (χ4v) is 2.20. The van der Waals surface area contributed by atoms with E-state index in [9.17, 15) is 0 Å². The van der Waals surface area contributed by atoms with Gasteiger partial charge in [-0.3, -0.25) is 4.98 Å². The van der Waals surface area contributed by atoms with E-state index in [1.165, 1.54) is 17.8 Å². The van der Waals surface area contributed by atoms with Crippen molar-refractivity contribution in [3.63, 3.8) is 0 Å². The first kappa shape index (κ1) is 14.3. The predicted molar refractivity (Wildman–Crippen MR) is 81.2 cm³/mol. The molecule has 0 fully saturated rings. The van der Waals surface area contributed by atoms with Crippen LogP contribution in [0.15, 0.2) is 23.6 Å². The second-order valence-corrected chi connectivity index (χ2v) is 5.05. The van der Waals surface area contributed by atoms with Crippen molar-refractivity contribution < 1.29 is 0 Å². The Morgan fingerprint density at radius 2 is 1.90 bits per heavy atom. The molecule has 7 nitrogen and oxygen atoms in total. The summed E-state index contributed by atoms with van der Waals surface area (Å²) in [6.45, 7) is 2.99. The normalized spacial score (nSPS) is 10.4. The number of nitrogens with zero attached hydrogens (tertiary/aromatic N) is 4. The number of thioether (sulfide) groups is 1. The van der Waals surface area contributed by atoms with Crippen LogP contribution in [-0.4, -0.2) is 26.5 Å². The molecule has 2 aromatic heterocycles. The van der Waals surface area contributed by atoms with Crippen molar-refractivity contribution in [2.24, 2.45) is 0 Å². The van der Waals surface area contributed by atoms with Crippen molar-refractivity contribution in [1.82, 2.24) is 19.9 Å². The first-order valence-electron chi connectivity index (χ1n) is 6.25. The molecule has 0 spiro atoms. The predicted octanol–water partition coefficient (Wildman–Crippen LogP) is 1.55. The van der Waals surface area contributed by atoms with Crippen LogP contribution < -0.4 is 16.8 Å². The van der Waals surface area contributed by atoms with Gasteiger partial charge in [0, 0.05) is 18.4 Å². The summed E-state index contributed by atoms with van der Waals surface area (Å²) in [6.07, 6.45) is 4.51. The maximum Gasteiger partial charge on any atom is 0.191 e. The molecule has 0 unspecified atom stereocenters. The average Bonchev–Trinajstić information content (AvgIpc) is 2.43. The number of nitrogen functional groups attached to an aromatic ring is 2. The number of nitrogens with two attached hydrogens (primary N) is 2. The molecular weight excluding hydrogens is 274 g/mol. The van der Waals surface area contributed by atoms with Gasteiger partial charge in [-0.25, -0.2) is 15.0 Å². The lowest BCUT2D eigenvalue weighted by Gasteiger charge is -2.05. The zero-order valence-electron chi connectivity index (χ0n) is 11.2. The molecule has 0 aromatic carbocycles. The molecule has 5 N–H and O–H groups in total. The van der Waals surface area contributed by atoms with Crippen LogP contribution in [-0.2, 0) is 5.75 Å². The van der Waals surface area contributed by atoms with Crippen LogP contribution in [0, 0.1) is 0 Å². The van der Waals surface area contributed by atoms with Crippen LogP contribution in [0.3, 0.4) is 0 Å². The standard InChI is InChI=1S/C12H17N7S/c1-2-3-15-11-6-16-8(5-17-11)7-20-12-18-9(13)4-10(14)19-12/h4-6H,2-3,7H2,1H3,(H,15,17)(H4,13,14,18,19). The van der Waals surface area contributed by atoms with Gasteiger partial charge in [-0.05, 0) is 6.42 Å². The van der Waals surface area contributed by atoms with Crippen LogP contribution >= 0.6 is 11.8 Å². The van der Waals surface area contributed by atoms with Crippen LogP contribution in [0.25, 0.3) is 0 Å². The average molecular weight is 291 g/mol. The second-order valence-electron chi connectivity index (χ2n) is 4.11. The Morgan fingerprint density at radius 3 is 2.50 bits per heavy atom. The molecule has 2 rings (SSSR count). The highest BCUT2D eigenvalue weighted by Gasteiger charge is 2.04. The summed E-state index contributed by atoms with van der Waals surface area (Å²) in [5.74, 6) is 2.13. The molecule has 0 radical (unpaired) electrons. The van der Waals surface area contributed by atoms with Crippen LogP contribution in [0.2, 0.25) is 0 Å². The SMILES string of the molecule is CCCNc1cnc(CSc2nc(N)cc(N)n2)cn1. The van der Waals surface area contributed by atoms with Crippen LogP contribution in [0.1, 0.15) is 19.0 Å². The number of nitrogens with one attached hydrogen (secondary N) is 1. The molecule has 2 aromatic rings. The zero-order chi connectivity index (χ0) is 14.4. The van der Waals surface area contributed by atoms with E-state index in [1.54, 1.807) is 12.4 Å². The van der Waals surface area contributed by atoms with Gasteiger partial charge in [-0.2, -0.15) is 0 Å². The summed E-state index contributed by atoms with van der Waals surface area (Å²) in [5.41, 5.74) is 12.1. The highest BCUT2D eigenvalue weighted by Crippen LogP contribution is 2.20. The topological polar surface area (TPSA) is 116 Å². The molecule has 0 aliphatic heterocycles. The Hall–Kier alpha value is -2.09. The quantitative estimate of drug-likeness (QED) is 0.542. The highest BCUT2D eigenvalue weighted by molar-refractivity contribution is 7.98. The van der Waals surface area contributed by atoms with Crippen molar-refractivity contribution in [3.8, 4) is 0 Å². The lowest BCUT2D eigenvalue weighted by molar-refractivity contribution is 0.958. The lowest BCUT2D eigenvalue weighted by Crippen LogP contribution is -2.03. The molecule has 0 aliphatic carbocycles. The van der Waals surface area contributed by atoms with E-state index < -0.39 is 0 Å². The second kappa shape index (κ2) is 6.90. The van der Waals surface area contributed by atoms with Crippen LogP contribution in [0.4, 0.5) is 17.5 Å². The van der Waals surface area contributed by atoms with Gasteiger partial charge < -0.3 is 16.8 Å². The summed E-state index contributed by atoms with van der Waals surface area (Å²) in [7, 11) is 0. The number of hydrogen-bond donors (Lipinski definition) is 3. The summed E-state index contributed by atoms with van der Waals surface area (Å²) in [5, 5.41) is 3.71. The van der Waals surface area contributed by atoms with E-state index in [-0.39, 0.29) is 0 Å². The summed E-state index contributed by atoms with van der Waals surface area (Å²) >= 11 is 1.42. The molecule has 0 bridgehead atoms. The smallest absolute Gasteiger partial charge is 0.191 e. The molecule has 0 saturated carbocycles. The number of hydrogen-bond acceptors (Lipinski definition) is 8. The maximum absolute atomic E-state index is 5.61. The van der Waals surface area contributed by atoms with Crippen LogP contribution in [0.5, 0.6) is 0 Å². The van der Waals surface area contributed by atoms with Gasteiger partial charge in [0.25, 0.3) is 0 Å². The Morgan fingerprint density at radius 1 is 1.15 bits per heavy atom. The molecule has 0 amide bonds. The number of anilines is 3. The Bertz CT molecular complexity index is 538. The minimum absolute atomic E-state index is 0.366. The molecule has 0 atom stereocenters. The largest absolute Gasteiger partial charge is 0.383 e. The van der Waals surface area contributed by atoms with E-state index in [0.717, 1.165) is 24.5 Å². The van der Waals surface area contributed by atoms with Crippen molar-refractivity contribution in [2.75, 3.05) is 23.3 Å². The fraction of sp³-hybridized carbons (Fsp3) is 0.333. The Kier molecular flexibility index (Phi) is 4.94. The van der Waals surface area contributed by atoms with Gasteiger partial charge in [0.05, 0.1) is 18.1 Å². The van der Waals surface area contributed by atoms with Crippen molar-refractivity contribution in [1.29, 1.82) is 0 Å². The molecule has 0 aliphatic rings. The van der Waals surface area contributed by atoms with E-state index in [4.69, 9.17) is 11.5 Å². The minimum atomic E-state index is 0.366. The molecule has 0 saturated heterocycles. The zero-order valence-corrected chi connectivity index (χ0v) is 12.0. The summed E-state index contributed by atoms with van der Waals surface area (Å²) in [6, 6.07) is 1.53. The maximum atomic E-state index is 5.61.